The molecule has 0 saturated carbocycles. The van der Waals surface area contributed by atoms with Gasteiger partial charge in [-0.25, -0.2) is 0 Å². The highest BCUT2D eigenvalue weighted by Crippen LogP contribution is 2.51. The maximum Gasteiger partial charge on any atom is 0.249 e. The number of para-hydroxylation sites is 1. The average molecular weight is 323 g/mol. The van der Waals surface area contributed by atoms with Crippen molar-refractivity contribution < 1.29 is 14.4 Å². The normalized spacial score (nSPS) is 17.3. The molecule has 3 rings (SSSR count). The third-order valence-corrected chi connectivity index (χ3v) is 3.90. The minimum absolute atomic E-state index is 0.110. The Labute approximate surface area is 140 Å². The number of ether oxygens (including phenoxy) is 1. The van der Waals surface area contributed by atoms with Crippen LogP contribution in [0.3, 0.4) is 0 Å². The van der Waals surface area contributed by atoms with Crippen LogP contribution in [0.2, 0.25) is 0 Å². The zero-order valence-corrected chi connectivity index (χ0v) is 13.7. The number of rotatable bonds is 3. The molecule has 24 heavy (non-hydrogen) atoms. The highest BCUT2D eigenvalue weighted by Gasteiger charge is 2.44. The van der Waals surface area contributed by atoms with Gasteiger partial charge in [0.15, 0.2) is 11.5 Å². The number of amides is 1. The highest BCUT2D eigenvalue weighted by atomic mass is 16.7. The quantitative estimate of drug-likeness (QED) is 0.878. The van der Waals surface area contributed by atoms with Gasteiger partial charge in [-0.3, -0.25) is 9.78 Å². The van der Waals surface area contributed by atoms with Crippen molar-refractivity contribution in [1.29, 1.82) is 5.26 Å². The van der Waals surface area contributed by atoms with Crippen molar-refractivity contribution in [3.63, 3.8) is 0 Å². The van der Waals surface area contributed by atoms with Crippen LogP contribution in [0.5, 0.6) is 11.5 Å². The Balaban J connectivity index is 2.02. The van der Waals surface area contributed by atoms with E-state index in [1.54, 1.807) is 18.3 Å². The van der Waals surface area contributed by atoms with Crippen molar-refractivity contribution in [1.82, 2.24) is 10.5 Å². The van der Waals surface area contributed by atoms with Crippen molar-refractivity contribution in [2.75, 3.05) is 0 Å². The van der Waals surface area contributed by atoms with Crippen LogP contribution in [0.1, 0.15) is 43.5 Å². The molecule has 1 aromatic carbocycles. The minimum Gasteiger partial charge on any atom is -0.482 e. The fraction of sp³-hybridized carbons (Fsp3) is 0.278. The van der Waals surface area contributed by atoms with E-state index in [4.69, 9.17) is 14.8 Å². The number of benzene rings is 1. The largest absolute Gasteiger partial charge is 0.482 e. The second kappa shape index (κ2) is 5.85. The van der Waals surface area contributed by atoms with Crippen LogP contribution in [-0.2, 0) is 4.79 Å². The smallest absolute Gasteiger partial charge is 0.249 e. The summed E-state index contributed by atoms with van der Waals surface area (Å²) < 4.78 is 6.10. The van der Waals surface area contributed by atoms with Gasteiger partial charge in [0.25, 0.3) is 0 Å². The van der Waals surface area contributed by atoms with E-state index < -0.39 is 5.60 Å². The molecular formula is C18H17N3O3. The van der Waals surface area contributed by atoms with Crippen LogP contribution in [0.15, 0.2) is 36.5 Å². The molecule has 0 fully saturated rings. The fourth-order valence-corrected chi connectivity index (χ4v) is 2.93. The molecule has 1 N–H and O–H groups in total. The Bertz CT molecular complexity index is 822. The van der Waals surface area contributed by atoms with Crippen LogP contribution in [0.4, 0.5) is 0 Å². The lowest BCUT2D eigenvalue weighted by Gasteiger charge is -2.26. The molecule has 0 bridgehead atoms. The molecule has 2 aromatic rings. The number of nitriles is 1. The van der Waals surface area contributed by atoms with Crippen LogP contribution in [0, 0.1) is 11.3 Å². The molecule has 0 radical (unpaired) electrons. The number of nitrogens with zero attached hydrogens (tertiary/aromatic N) is 2. The molecule has 1 aliphatic rings. The third kappa shape index (κ3) is 2.76. The van der Waals surface area contributed by atoms with Gasteiger partial charge in [-0.1, -0.05) is 12.1 Å². The number of hydrogen-bond acceptors (Lipinski definition) is 5. The maximum atomic E-state index is 11.1. The molecule has 0 saturated heterocycles. The number of carbonyl (C=O) groups is 1. The first-order valence-electron chi connectivity index (χ1n) is 7.54. The van der Waals surface area contributed by atoms with Crippen molar-refractivity contribution in [2.24, 2.45) is 0 Å². The second-order valence-electron chi connectivity index (χ2n) is 6.16. The number of hydrogen-bond donors (Lipinski definition) is 1. The van der Waals surface area contributed by atoms with E-state index in [0.717, 1.165) is 11.3 Å². The van der Waals surface area contributed by atoms with Crippen LogP contribution >= 0.6 is 0 Å². The minimum atomic E-state index is -0.542. The first kappa shape index (κ1) is 15.8. The predicted octanol–water partition coefficient (Wildman–Crippen LogP) is 2.69. The molecule has 1 atom stereocenters. The lowest BCUT2D eigenvalue weighted by molar-refractivity contribution is -0.125. The molecule has 1 aliphatic heterocycles. The van der Waals surface area contributed by atoms with E-state index in [1.807, 2.05) is 32.0 Å². The molecular weight excluding hydrogens is 306 g/mol. The maximum absolute atomic E-state index is 11.1. The van der Waals surface area contributed by atoms with Gasteiger partial charge in [-0.05, 0) is 32.0 Å². The van der Waals surface area contributed by atoms with Crippen LogP contribution in [0.25, 0.3) is 0 Å². The number of nitrogens with one attached hydrogen (secondary N) is 1. The van der Waals surface area contributed by atoms with E-state index in [0.29, 0.717) is 17.1 Å². The Morgan fingerprint density at radius 1 is 1.38 bits per heavy atom. The molecule has 0 aliphatic carbocycles. The fourth-order valence-electron chi connectivity index (χ4n) is 2.93. The van der Waals surface area contributed by atoms with Gasteiger partial charge in [0, 0.05) is 18.7 Å². The molecule has 6 heteroatoms. The van der Waals surface area contributed by atoms with Crippen molar-refractivity contribution in [3.8, 4) is 17.6 Å². The summed E-state index contributed by atoms with van der Waals surface area (Å²) in [6.45, 7) is 5.32. The summed E-state index contributed by atoms with van der Waals surface area (Å²) >= 11 is 0. The summed E-state index contributed by atoms with van der Waals surface area (Å²) in [4.78, 5) is 20.8. The van der Waals surface area contributed by atoms with E-state index in [-0.39, 0.29) is 11.8 Å². The molecule has 1 amide bonds. The van der Waals surface area contributed by atoms with E-state index >= 15 is 0 Å². The Kier molecular flexibility index (Phi) is 3.86. The summed E-state index contributed by atoms with van der Waals surface area (Å²) in [7, 11) is 0. The number of pyridine rings is 1. The highest BCUT2D eigenvalue weighted by molar-refractivity contribution is 5.72. The molecule has 0 spiro atoms. The third-order valence-electron chi connectivity index (χ3n) is 3.90. The van der Waals surface area contributed by atoms with E-state index in [2.05, 4.69) is 16.5 Å². The Hall–Kier alpha value is -3.07. The molecule has 1 unspecified atom stereocenters. The molecule has 2 heterocycles. The molecule has 122 valence electrons. The summed E-state index contributed by atoms with van der Waals surface area (Å²) in [5.41, 5.74) is 4.03. The van der Waals surface area contributed by atoms with Crippen molar-refractivity contribution in [2.45, 2.75) is 32.3 Å². The van der Waals surface area contributed by atoms with E-state index in [1.165, 1.54) is 6.92 Å². The zero-order valence-electron chi connectivity index (χ0n) is 13.7. The zero-order chi connectivity index (χ0) is 17.3. The van der Waals surface area contributed by atoms with Gasteiger partial charge in [-0.2, -0.15) is 10.7 Å². The van der Waals surface area contributed by atoms with Gasteiger partial charge in [-0.15, -0.1) is 0 Å². The number of aromatic nitrogens is 1. The average Bonchev–Trinajstić information content (AvgIpc) is 2.83. The van der Waals surface area contributed by atoms with Crippen molar-refractivity contribution >= 4 is 5.91 Å². The van der Waals surface area contributed by atoms with Crippen LogP contribution < -0.4 is 15.1 Å². The molecule has 6 nitrogen and oxygen atoms in total. The summed E-state index contributed by atoms with van der Waals surface area (Å²) in [5.74, 6) is 0.635. The van der Waals surface area contributed by atoms with Gasteiger partial charge in [0.05, 0.1) is 17.2 Å². The lowest BCUT2D eigenvalue weighted by Crippen LogP contribution is -2.31. The SMILES string of the molecule is CC(=O)NOc1cccc2c1OC(C)(C)C2c1ccc(C#N)cn1. The summed E-state index contributed by atoms with van der Waals surface area (Å²) in [6, 6.07) is 11.2. The standard InChI is InChI=1S/C18H17N3O3/c1-11(22)21-24-15-6-4-5-13-16(18(2,3)23-17(13)15)14-8-7-12(9-19)10-20-14/h4-8,10,16H,1-3H3,(H,21,22). The predicted molar refractivity (Wildman–Crippen MR) is 86.4 cm³/mol. The van der Waals surface area contributed by atoms with Crippen molar-refractivity contribution in [3.05, 3.63) is 53.3 Å². The molecule has 1 aromatic heterocycles. The Morgan fingerprint density at radius 3 is 2.79 bits per heavy atom. The second-order valence-corrected chi connectivity index (χ2v) is 6.16. The van der Waals surface area contributed by atoms with Gasteiger partial charge in [0.2, 0.25) is 5.91 Å². The van der Waals surface area contributed by atoms with Gasteiger partial charge < -0.3 is 9.57 Å². The number of carbonyl (C=O) groups excluding carboxylic acids is 1. The number of hydroxylamine groups is 1. The first-order chi connectivity index (χ1) is 11.4. The first-order valence-corrected chi connectivity index (χ1v) is 7.54. The van der Waals surface area contributed by atoms with Crippen LogP contribution in [-0.4, -0.2) is 16.5 Å². The summed E-state index contributed by atoms with van der Waals surface area (Å²) in [5, 5.41) is 8.93. The number of fused-ring (bicyclic) bond motifs is 1. The summed E-state index contributed by atoms with van der Waals surface area (Å²) in [6.07, 6.45) is 1.56. The monoisotopic (exact) mass is 323 g/mol. The Morgan fingerprint density at radius 2 is 2.17 bits per heavy atom. The topological polar surface area (TPSA) is 84.2 Å². The lowest BCUT2D eigenvalue weighted by atomic mass is 9.84. The van der Waals surface area contributed by atoms with Gasteiger partial charge >= 0.3 is 0 Å². The van der Waals surface area contributed by atoms with E-state index in [9.17, 15) is 4.79 Å². The van der Waals surface area contributed by atoms with Gasteiger partial charge in [0.1, 0.15) is 11.7 Å².